The van der Waals surface area contributed by atoms with Crippen LogP contribution in [0.15, 0.2) is 46.0 Å². The second-order valence-corrected chi connectivity index (χ2v) is 7.68. The van der Waals surface area contributed by atoms with Crippen molar-refractivity contribution in [2.45, 2.75) is 17.2 Å². The van der Waals surface area contributed by atoms with Gasteiger partial charge < -0.3 is 9.64 Å². The molecule has 128 valence electrons. The molecule has 0 radical (unpaired) electrons. The van der Waals surface area contributed by atoms with E-state index in [1.165, 1.54) is 17.2 Å². The largest absolute Gasteiger partial charge is 0.449 e. The quantitative estimate of drug-likeness (QED) is 0.807. The summed E-state index contributed by atoms with van der Waals surface area (Å²) in [5.74, 6) is -1.19. The molecule has 1 atom stereocenters. The number of nitrogens with zero attached hydrogens (tertiary/aromatic N) is 1. The molecule has 0 unspecified atom stereocenters. The van der Waals surface area contributed by atoms with Crippen molar-refractivity contribution in [3.8, 4) is 0 Å². The van der Waals surface area contributed by atoms with E-state index in [0.29, 0.717) is 5.69 Å². The number of sulfonamides is 1. The topological polar surface area (TPSA) is 107 Å². The van der Waals surface area contributed by atoms with Crippen molar-refractivity contribution in [1.82, 2.24) is 0 Å². The number of primary sulfonamides is 1. The Hall–Kier alpha value is -2.23. The lowest BCUT2D eigenvalue weighted by Crippen LogP contribution is -2.37. The maximum absolute atomic E-state index is 12.3. The minimum atomic E-state index is -3.87. The first-order chi connectivity index (χ1) is 11.2. The van der Waals surface area contributed by atoms with Crippen LogP contribution in [0.2, 0.25) is 0 Å². The maximum Gasteiger partial charge on any atom is 0.339 e. The second kappa shape index (κ2) is 7.12. The van der Waals surface area contributed by atoms with E-state index in [-0.39, 0.29) is 9.77 Å². The second-order valence-electron chi connectivity index (χ2n) is 4.98. The van der Waals surface area contributed by atoms with Gasteiger partial charge >= 0.3 is 5.97 Å². The molecule has 1 amide bonds. The van der Waals surface area contributed by atoms with E-state index >= 15 is 0 Å². The Kier molecular flexibility index (Phi) is 5.37. The Morgan fingerprint density at radius 3 is 2.42 bits per heavy atom. The Bertz CT molecular complexity index is 846. The van der Waals surface area contributed by atoms with Crippen LogP contribution in [-0.2, 0) is 19.6 Å². The smallest absolute Gasteiger partial charge is 0.339 e. The first kappa shape index (κ1) is 18.1. The fourth-order valence-electron chi connectivity index (χ4n) is 1.90. The number of thiophene rings is 1. The van der Waals surface area contributed by atoms with E-state index in [1.807, 2.05) is 6.07 Å². The van der Waals surface area contributed by atoms with Crippen molar-refractivity contribution in [2.75, 3.05) is 11.9 Å². The van der Waals surface area contributed by atoms with Gasteiger partial charge in [-0.25, -0.2) is 18.4 Å². The zero-order chi connectivity index (χ0) is 17.9. The Labute approximate surface area is 143 Å². The van der Waals surface area contributed by atoms with Gasteiger partial charge in [0.05, 0.1) is 5.56 Å². The van der Waals surface area contributed by atoms with Crippen LogP contribution in [-0.4, -0.2) is 33.4 Å². The zero-order valence-corrected chi connectivity index (χ0v) is 14.6. The van der Waals surface area contributed by atoms with Gasteiger partial charge in [-0.15, -0.1) is 11.3 Å². The van der Waals surface area contributed by atoms with Gasteiger partial charge in [0.25, 0.3) is 5.91 Å². The third kappa shape index (κ3) is 4.19. The van der Waals surface area contributed by atoms with Crippen LogP contribution in [0.25, 0.3) is 0 Å². The third-order valence-corrected chi connectivity index (χ3v) is 5.58. The van der Waals surface area contributed by atoms with Gasteiger partial charge in [-0.3, -0.25) is 4.79 Å². The van der Waals surface area contributed by atoms with E-state index in [2.05, 4.69) is 0 Å². The molecule has 2 N–H and O–H groups in total. The minimum absolute atomic E-state index is 0.0334. The predicted molar refractivity (Wildman–Crippen MR) is 90.4 cm³/mol. The summed E-state index contributed by atoms with van der Waals surface area (Å²) in [5.41, 5.74) is 0.698. The molecule has 0 bridgehead atoms. The van der Waals surface area contributed by atoms with Crippen LogP contribution < -0.4 is 10.0 Å². The maximum atomic E-state index is 12.3. The van der Waals surface area contributed by atoms with E-state index < -0.39 is 28.0 Å². The Morgan fingerprint density at radius 1 is 1.25 bits per heavy atom. The summed E-state index contributed by atoms with van der Waals surface area (Å²) < 4.78 is 27.4. The highest BCUT2D eigenvalue weighted by atomic mass is 32.2. The normalized spacial score (nSPS) is 12.5. The summed E-state index contributed by atoms with van der Waals surface area (Å²) >= 11 is 0.814. The molecule has 0 saturated carbocycles. The zero-order valence-electron chi connectivity index (χ0n) is 13.0. The molecule has 0 aliphatic heterocycles. The van der Waals surface area contributed by atoms with Gasteiger partial charge in [0.2, 0.25) is 10.0 Å². The number of anilines is 1. The number of amides is 1. The van der Waals surface area contributed by atoms with Gasteiger partial charge in [0.15, 0.2) is 6.10 Å². The number of para-hydroxylation sites is 1. The lowest BCUT2D eigenvalue weighted by Gasteiger charge is -2.21. The van der Waals surface area contributed by atoms with Crippen LogP contribution in [0, 0.1) is 0 Å². The monoisotopic (exact) mass is 368 g/mol. The molecule has 1 aromatic carbocycles. The average molecular weight is 368 g/mol. The third-order valence-electron chi connectivity index (χ3n) is 3.20. The molecule has 0 fully saturated rings. The molecular weight excluding hydrogens is 352 g/mol. The van der Waals surface area contributed by atoms with Gasteiger partial charge in [-0.05, 0) is 25.1 Å². The number of nitrogens with two attached hydrogens (primary N) is 1. The van der Waals surface area contributed by atoms with E-state index in [9.17, 15) is 18.0 Å². The Balaban J connectivity index is 2.06. The molecule has 0 spiro atoms. The fraction of sp³-hybridized carbons (Fsp3) is 0.200. The van der Waals surface area contributed by atoms with Crippen molar-refractivity contribution < 1.29 is 22.7 Å². The highest BCUT2D eigenvalue weighted by molar-refractivity contribution is 7.91. The lowest BCUT2D eigenvalue weighted by molar-refractivity contribution is -0.126. The van der Waals surface area contributed by atoms with Crippen LogP contribution in [0.4, 0.5) is 5.69 Å². The number of carbonyl (C=O) groups excluding carboxylic acids is 2. The van der Waals surface area contributed by atoms with Gasteiger partial charge in [-0.1, -0.05) is 18.2 Å². The van der Waals surface area contributed by atoms with Crippen molar-refractivity contribution >= 4 is 38.9 Å². The number of benzene rings is 1. The summed E-state index contributed by atoms with van der Waals surface area (Å²) in [7, 11) is -2.30. The summed E-state index contributed by atoms with van der Waals surface area (Å²) in [4.78, 5) is 25.7. The highest BCUT2D eigenvalue weighted by Gasteiger charge is 2.24. The van der Waals surface area contributed by atoms with Crippen molar-refractivity contribution in [1.29, 1.82) is 0 Å². The molecule has 7 nitrogen and oxygen atoms in total. The molecule has 1 aromatic heterocycles. The van der Waals surface area contributed by atoms with Gasteiger partial charge in [0.1, 0.15) is 4.21 Å². The van der Waals surface area contributed by atoms with Crippen molar-refractivity contribution in [3.05, 3.63) is 47.3 Å². The van der Waals surface area contributed by atoms with Gasteiger partial charge in [-0.2, -0.15) is 0 Å². The molecule has 0 aliphatic rings. The average Bonchev–Trinajstić information content (AvgIpc) is 3.04. The fourth-order valence-corrected chi connectivity index (χ4v) is 3.48. The first-order valence-corrected chi connectivity index (χ1v) is 9.27. The number of esters is 1. The molecule has 1 heterocycles. The minimum Gasteiger partial charge on any atom is -0.449 e. The standard InChI is InChI=1S/C15H16N2O5S2/c1-10(14(18)17(2)12-6-4-3-5-7-12)22-15(19)11-8-13(23-9-11)24(16,20)21/h3-10H,1-2H3,(H2,16,20,21)/t10-/m1/s1. The predicted octanol–water partition coefficient (Wildman–Crippen LogP) is 1.60. The Morgan fingerprint density at radius 2 is 1.88 bits per heavy atom. The molecule has 0 aliphatic carbocycles. The molecule has 9 heteroatoms. The van der Waals surface area contributed by atoms with E-state index in [1.54, 1.807) is 31.3 Å². The summed E-state index contributed by atoms with van der Waals surface area (Å²) in [6.07, 6.45) is -1.03. The molecule has 2 aromatic rings. The SMILES string of the molecule is C[C@@H](OC(=O)c1csc(S(N)(=O)=O)c1)C(=O)N(C)c1ccccc1. The number of hydrogen-bond acceptors (Lipinski definition) is 6. The summed E-state index contributed by atoms with van der Waals surface area (Å²) in [5, 5.41) is 6.31. The lowest BCUT2D eigenvalue weighted by atomic mass is 10.2. The van der Waals surface area contributed by atoms with Crippen LogP contribution in [0.1, 0.15) is 17.3 Å². The van der Waals surface area contributed by atoms with Crippen molar-refractivity contribution in [2.24, 2.45) is 5.14 Å². The van der Waals surface area contributed by atoms with Crippen LogP contribution in [0.5, 0.6) is 0 Å². The molecule has 0 saturated heterocycles. The number of ether oxygens (including phenoxy) is 1. The van der Waals surface area contributed by atoms with Crippen molar-refractivity contribution in [3.63, 3.8) is 0 Å². The highest BCUT2D eigenvalue weighted by Crippen LogP contribution is 2.20. The number of likely N-dealkylation sites (N-methyl/N-ethyl adjacent to an activating group) is 1. The van der Waals surface area contributed by atoms with Crippen LogP contribution >= 0.6 is 11.3 Å². The number of carbonyl (C=O) groups is 2. The summed E-state index contributed by atoms with van der Waals surface area (Å²) in [6, 6.07) is 10.0. The number of hydrogen-bond donors (Lipinski definition) is 1. The molecule has 24 heavy (non-hydrogen) atoms. The van der Waals surface area contributed by atoms with Crippen LogP contribution in [0.3, 0.4) is 0 Å². The van der Waals surface area contributed by atoms with E-state index in [0.717, 1.165) is 17.4 Å². The number of rotatable bonds is 5. The molecular formula is C15H16N2O5S2. The first-order valence-electron chi connectivity index (χ1n) is 6.85. The summed E-state index contributed by atoms with van der Waals surface area (Å²) in [6.45, 7) is 1.45. The van der Waals surface area contributed by atoms with E-state index in [4.69, 9.17) is 9.88 Å². The molecule has 2 rings (SSSR count). The van der Waals surface area contributed by atoms with Gasteiger partial charge in [0, 0.05) is 18.1 Å².